The van der Waals surface area contributed by atoms with Crippen LogP contribution in [0.2, 0.25) is 0 Å². The van der Waals surface area contributed by atoms with Gasteiger partial charge in [-0.05, 0) is 19.3 Å². The van der Waals surface area contributed by atoms with Crippen LogP contribution in [0.4, 0.5) is 0 Å². The van der Waals surface area contributed by atoms with E-state index in [-0.39, 0.29) is 0 Å². The number of rotatable bonds is 13. The standard InChI is InChI=1S/C22H31BrO3/c1-3-4-10-16-26-22-19-13-8-7-12-18(19)20(17-21(22)24-2)25-15-11-6-5-9-14-23/h7-8,12-13,17H,3-6,9-11,14-16H2,1-2H3. The minimum Gasteiger partial charge on any atom is -0.493 e. The molecule has 0 heterocycles. The van der Waals surface area contributed by atoms with Gasteiger partial charge in [-0.1, -0.05) is 72.8 Å². The molecule has 0 aliphatic carbocycles. The molecule has 2 aromatic rings. The third-order valence-electron chi connectivity index (χ3n) is 4.42. The summed E-state index contributed by atoms with van der Waals surface area (Å²) in [6.45, 7) is 3.64. The molecule has 0 atom stereocenters. The van der Waals surface area contributed by atoms with Crippen molar-refractivity contribution in [3.63, 3.8) is 0 Å². The Labute approximate surface area is 166 Å². The Balaban J connectivity index is 2.13. The molecule has 0 fully saturated rings. The molecular weight excluding hydrogens is 392 g/mol. The van der Waals surface area contributed by atoms with Gasteiger partial charge in [0.2, 0.25) is 0 Å². The van der Waals surface area contributed by atoms with Gasteiger partial charge in [0.1, 0.15) is 5.75 Å². The minimum atomic E-state index is 0.710. The highest BCUT2D eigenvalue weighted by atomic mass is 79.9. The van der Waals surface area contributed by atoms with Crippen molar-refractivity contribution in [3.05, 3.63) is 30.3 Å². The molecule has 0 radical (unpaired) electrons. The van der Waals surface area contributed by atoms with Crippen LogP contribution < -0.4 is 14.2 Å². The van der Waals surface area contributed by atoms with Gasteiger partial charge >= 0.3 is 0 Å². The van der Waals surface area contributed by atoms with Crippen LogP contribution >= 0.6 is 15.9 Å². The van der Waals surface area contributed by atoms with Crippen LogP contribution in [0.1, 0.15) is 51.9 Å². The zero-order chi connectivity index (χ0) is 18.6. The molecule has 0 saturated carbocycles. The first kappa shape index (κ1) is 20.9. The maximum Gasteiger partial charge on any atom is 0.169 e. The molecule has 0 N–H and O–H groups in total. The lowest BCUT2D eigenvalue weighted by Gasteiger charge is -2.17. The quantitative estimate of drug-likeness (QED) is 0.263. The van der Waals surface area contributed by atoms with Crippen LogP contribution in [0.25, 0.3) is 10.8 Å². The molecule has 0 bridgehead atoms. The van der Waals surface area contributed by atoms with Gasteiger partial charge in [-0.3, -0.25) is 0 Å². The number of benzene rings is 2. The van der Waals surface area contributed by atoms with E-state index in [1.54, 1.807) is 7.11 Å². The lowest BCUT2D eigenvalue weighted by atomic mass is 10.1. The monoisotopic (exact) mass is 422 g/mol. The van der Waals surface area contributed by atoms with E-state index in [9.17, 15) is 0 Å². The number of halogens is 1. The first-order valence-corrected chi connectivity index (χ1v) is 10.8. The second kappa shape index (κ2) is 12.1. The van der Waals surface area contributed by atoms with Gasteiger partial charge in [0.05, 0.1) is 20.3 Å². The molecular formula is C22H31BrO3. The van der Waals surface area contributed by atoms with Gasteiger partial charge < -0.3 is 14.2 Å². The lowest BCUT2D eigenvalue weighted by Crippen LogP contribution is -2.02. The van der Waals surface area contributed by atoms with Crippen molar-refractivity contribution in [1.29, 1.82) is 0 Å². The van der Waals surface area contributed by atoms with E-state index in [0.717, 1.165) is 52.8 Å². The average molecular weight is 423 g/mol. The second-order valence-electron chi connectivity index (χ2n) is 6.46. The zero-order valence-corrected chi connectivity index (χ0v) is 17.6. The Kier molecular flexibility index (Phi) is 9.68. The molecule has 0 unspecified atom stereocenters. The SMILES string of the molecule is CCCCCOc1c(OC)cc(OCCCCCCBr)c2ccccc12. The van der Waals surface area contributed by atoms with E-state index < -0.39 is 0 Å². The number of hydrogen-bond donors (Lipinski definition) is 0. The largest absolute Gasteiger partial charge is 0.493 e. The number of alkyl halides is 1. The van der Waals surface area contributed by atoms with E-state index in [4.69, 9.17) is 14.2 Å². The smallest absolute Gasteiger partial charge is 0.169 e. The summed E-state index contributed by atoms with van der Waals surface area (Å²) in [6.07, 6.45) is 8.14. The molecule has 0 aromatic heterocycles. The second-order valence-corrected chi connectivity index (χ2v) is 7.25. The van der Waals surface area contributed by atoms with Crippen LogP contribution in [0.15, 0.2) is 30.3 Å². The third-order valence-corrected chi connectivity index (χ3v) is 4.98. The summed E-state index contributed by atoms with van der Waals surface area (Å²) in [6, 6.07) is 10.2. The summed E-state index contributed by atoms with van der Waals surface area (Å²) in [5.74, 6) is 2.44. The van der Waals surface area contributed by atoms with Crippen molar-refractivity contribution >= 4 is 26.7 Å². The highest BCUT2D eigenvalue weighted by molar-refractivity contribution is 9.09. The van der Waals surface area contributed by atoms with E-state index in [1.807, 2.05) is 18.2 Å². The lowest BCUT2D eigenvalue weighted by molar-refractivity contribution is 0.284. The Morgan fingerprint density at radius 1 is 0.808 bits per heavy atom. The van der Waals surface area contributed by atoms with Gasteiger partial charge in [0, 0.05) is 22.2 Å². The molecule has 144 valence electrons. The topological polar surface area (TPSA) is 27.7 Å². The summed E-state index contributed by atoms with van der Waals surface area (Å²) in [5, 5.41) is 3.21. The van der Waals surface area contributed by atoms with Crippen LogP contribution in [-0.4, -0.2) is 25.7 Å². The molecule has 0 aliphatic rings. The van der Waals surface area contributed by atoms with E-state index in [2.05, 4.69) is 35.0 Å². The van der Waals surface area contributed by atoms with Gasteiger partial charge in [0.25, 0.3) is 0 Å². The van der Waals surface area contributed by atoms with Crippen LogP contribution in [0.5, 0.6) is 17.2 Å². The summed E-state index contributed by atoms with van der Waals surface area (Å²) in [4.78, 5) is 0. The zero-order valence-electron chi connectivity index (χ0n) is 16.1. The maximum atomic E-state index is 6.09. The molecule has 0 amide bonds. The maximum absolute atomic E-state index is 6.09. The molecule has 0 saturated heterocycles. The highest BCUT2D eigenvalue weighted by Gasteiger charge is 2.15. The predicted molar refractivity (Wildman–Crippen MR) is 113 cm³/mol. The van der Waals surface area contributed by atoms with Gasteiger partial charge in [-0.2, -0.15) is 0 Å². The Hall–Kier alpha value is -1.42. The molecule has 2 aromatic carbocycles. The number of unbranched alkanes of at least 4 members (excludes halogenated alkanes) is 5. The number of fused-ring (bicyclic) bond motifs is 1. The molecule has 3 nitrogen and oxygen atoms in total. The van der Waals surface area contributed by atoms with E-state index in [0.29, 0.717) is 6.61 Å². The highest BCUT2D eigenvalue weighted by Crippen LogP contribution is 2.41. The van der Waals surface area contributed by atoms with Gasteiger partial charge in [0.15, 0.2) is 11.5 Å². The van der Waals surface area contributed by atoms with Crippen LogP contribution in [0.3, 0.4) is 0 Å². The first-order valence-electron chi connectivity index (χ1n) is 9.73. The number of ether oxygens (including phenoxy) is 3. The van der Waals surface area contributed by atoms with Crippen LogP contribution in [0, 0.1) is 0 Å². The molecule has 26 heavy (non-hydrogen) atoms. The van der Waals surface area contributed by atoms with Gasteiger partial charge in [-0.15, -0.1) is 0 Å². The molecule has 4 heteroatoms. The van der Waals surface area contributed by atoms with Gasteiger partial charge in [-0.25, -0.2) is 0 Å². The fraction of sp³-hybridized carbons (Fsp3) is 0.545. The molecule has 0 spiro atoms. The first-order chi connectivity index (χ1) is 12.8. The Morgan fingerprint density at radius 3 is 2.23 bits per heavy atom. The number of methoxy groups -OCH3 is 1. The van der Waals surface area contributed by atoms with Crippen LogP contribution in [-0.2, 0) is 0 Å². The van der Waals surface area contributed by atoms with Crippen molar-refractivity contribution in [1.82, 2.24) is 0 Å². The van der Waals surface area contributed by atoms with Crippen molar-refractivity contribution < 1.29 is 14.2 Å². The van der Waals surface area contributed by atoms with Crippen molar-refractivity contribution in [2.75, 3.05) is 25.7 Å². The van der Waals surface area contributed by atoms with Crippen molar-refractivity contribution in [2.45, 2.75) is 51.9 Å². The third kappa shape index (κ3) is 6.08. The minimum absolute atomic E-state index is 0.710. The normalized spacial score (nSPS) is 10.9. The van der Waals surface area contributed by atoms with Crippen molar-refractivity contribution in [3.8, 4) is 17.2 Å². The van der Waals surface area contributed by atoms with E-state index in [1.165, 1.54) is 32.1 Å². The average Bonchev–Trinajstić information content (AvgIpc) is 2.68. The summed E-state index contributed by atoms with van der Waals surface area (Å²) < 4.78 is 17.8. The van der Waals surface area contributed by atoms with Crippen molar-refractivity contribution in [2.24, 2.45) is 0 Å². The Morgan fingerprint density at radius 2 is 1.50 bits per heavy atom. The van der Waals surface area contributed by atoms with E-state index >= 15 is 0 Å². The molecule has 2 rings (SSSR count). The summed E-state index contributed by atoms with van der Waals surface area (Å²) in [7, 11) is 1.69. The fourth-order valence-corrected chi connectivity index (χ4v) is 3.37. The summed E-state index contributed by atoms with van der Waals surface area (Å²) in [5.41, 5.74) is 0. The number of hydrogen-bond acceptors (Lipinski definition) is 3. The Bertz CT molecular complexity index is 657. The fourth-order valence-electron chi connectivity index (χ4n) is 2.97. The summed E-state index contributed by atoms with van der Waals surface area (Å²) >= 11 is 3.47. The predicted octanol–water partition coefficient (Wildman–Crippen LogP) is 6.75. The molecule has 0 aliphatic heterocycles.